The first-order valence-electron chi connectivity index (χ1n) is 7.17. The van der Waals surface area contributed by atoms with Crippen molar-refractivity contribution in [1.82, 2.24) is 10.1 Å². The second-order valence-corrected chi connectivity index (χ2v) is 5.31. The molecular weight excluding hydrogens is 297 g/mol. The van der Waals surface area contributed by atoms with Crippen molar-refractivity contribution in [2.45, 2.75) is 13.0 Å². The van der Waals surface area contributed by atoms with E-state index < -0.39 is 0 Å². The van der Waals surface area contributed by atoms with Crippen molar-refractivity contribution in [1.29, 1.82) is 0 Å². The Balaban J connectivity index is 1.60. The molecule has 0 fully saturated rings. The number of halogens is 1. The molecule has 0 bridgehead atoms. The van der Waals surface area contributed by atoms with Crippen LogP contribution in [0, 0.1) is 5.82 Å². The van der Waals surface area contributed by atoms with Gasteiger partial charge in [0.1, 0.15) is 12.4 Å². The summed E-state index contributed by atoms with van der Waals surface area (Å²) >= 11 is 0. The summed E-state index contributed by atoms with van der Waals surface area (Å²) in [7, 11) is 0. The average Bonchev–Trinajstić information content (AvgIpc) is 3.13. The van der Waals surface area contributed by atoms with E-state index in [1.807, 2.05) is 24.3 Å². The maximum atomic E-state index is 13.3. The third-order valence-electron chi connectivity index (χ3n) is 3.77. The standard InChI is InChI=1S/C17H12FN3O2/c18-13-6-3-5-12(8-13)17-19-15(23-20-17)10-21-14-7-2-1-4-11(14)9-16(21)22/h1-8H,9-10H2. The van der Waals surface area contributed by atoms with Crippen LogP contribution in [0.1, 0.15) is 11.5 Å². The quantitative estimate of drug-likeness (QED) is 0.746. The lowest BCUT2D eigenvalue weighted by atomic mass is 10.2. The largest absolute Gasteiger partial charge is 0.337 e. The summed E-state index contributed by atoms with van der Waals surface area (Å²) in [4.78, 5) is 18.0. The van der Waals surface area contributed by atoms with Crippen LogP contribution in [0.3, 0.4) is 0 Å². The van der Waals surface area contributed by atoms with E-state index >= 15 is 0 Å². The Labute approximate surface area is 131 Å². The van der Waals surface area contributed by atoms with Crippen molar-refractivity contribution in [3.8, 4) is 11.4 Å². The Morgan fingerprint density at radius 3 is 2.91 bits per heavy atom. The number of hydrogen-bond acceptors (Lipinski definition) is 4. The van der Waals surface area contributed by atoms with E-state index in [1.165, 1.54) is 12.1 Å². The molecule has 1 aliphatic rings. The highest BCUT2D eigenvalue weighted by atomic mass is 19.1. The summed E-state index contributed by atoms with van der Waals surface area (Å²) in [5.74, 6) is 0.253. The van der Waals surface area contributed by atoms with Crippen LogP contribution < -0.4 is 4.90 Å². The Hall–Kier alpha value is -3.02. The second kappa shape index (κ2) is 5.31. The maximum absolute atomic E-state index is 13.3. The molecule has 5 nitrogen and oxygen atoms in total. The van der Waals surface area contributed by atoms with E-state index in [9.17, 15) is 9.18 Å². The zero-order valence-corrected chi connectivity index (χ0v) is 12.1. The Bertz CT molecular complexity index is 891. The van der Waals surface area contributed by atoms with Crippen LogP contribution in [0.5, 0.6) is 0 Å². The van der Waals surface area contributed by atoms with E-state index in [4.69, 9.17) is 4.52 Å². The molecule has 0 atom stereocenters. The molecule has 0 spiro atoms. The first-order chi connectivity index (χ1) is 11.2. The minimum absolute atomic E-state index is 0.00305. The van der Waals surface area contributed by atoms with Crippen LogP contribution in [-0.4, -0.2) is 16.0 Å². The number of amides is 1. The minimum atomic E-state index is -0.363. The number of para-hydroxylation sites is 1. The fourth-order valence-electron chi connectivity index (χ4n) is 2.69. The maximum Gasteiger partial charge on any atom is 0.247 e. The van der Waals surface area contributed by atoms with Crippen LogP contribution in [0.25, 0.3) is 11.4 Å². The molecule has 1 amide bonds. The van der Waals surface area contributed by atoms with E-state index in [0.29, 0.717) is 23.7 Å². The summed E-state index contributed by atoms with van der Waals surface area (Å²) < 4.78 is 18.5. The molecule has 2 aromatic carbocycles. The molecular formula is C17H12FN3O2. The summed E-state index contributed by atoms with van der Waals surface area (Å²) in [5.41, 5.74) is 2.39. The number of carbonyl (C=O) groups is 1. The molecule has 0 saturated heterocycles. The summed E-state index contributed by atoms with van der Waals surface area (Å²) in [5, 5.41) is 3.86. The summed E-state index contributed by atoms with van der Waals surface area (Å²) in [6.07, 6.45) is 0.376. The lowest BCUT2D eigenvalue weighted by molar-refractivity contribution is -0.117. The first-order valence-corrected chi connectivity index (χ1v) is 7.17. The van der Waals surface area contributed by atoms with Gasteiger partial charge in [-0.3, -0.25) is 4.79 Å². The number of anilines is 1. The highest BCUT2D eigenvalue weighted by Crippen LogP contribution is 2.29. The number of carbonyl (C=O) groups excluding carboxylic acids is 1. The van der Waals surface area contributed by atoms with Crippen LogP contribution in [-0.2, 0) is 17.8 Å². The van der Waals surface area contributed by atoms with Gasteiger partial charge in [-0.15, -0.1) is 0 Å². The average molecular weight is 309 g/mol. The second-order valence-electron chi connectivity index (χ2n) is 5.31. The number of nitrogens with zero attached hydrogens (tertiary/aromatic N) is 3. The van der Waals surface area contributed by atoms with Gasteiger partial charge in [-0.2, -0.15) is 4.98 Å². The zero-order chi connectivity index (χ0) is 15.8. The van der Waals surface area contributed by atoms with Gasteiger partial charge in [-0.25, -0.2) is 4.39 Å². The molecule has 3 aromatic rings. The van der Waals surface area contributed by atoms with Crippen molar-refractivity contribution in [3.63, 3.8) is 0 Å². The zero-order valence-electron chi connectivity index (χ0n) is 12.1. The third-order valence-corrected chi connectivity index (χ3v) is 3.77. The van der Waals surface area contributed by atoms with Crippen molar-refractivity contribution < 1.29 is 13.7 Å². The number of benzene rings is 2. The van der Waals surface area contributed by atoms with Gasteiger partial charge in [0.2, 0.25) is 17.6 Å². The fraction of sp³-hybridized carbons (Fsp3) is 0.118. The number of rotatable bonds is 3. The van der Waals surface area contributed by atoms with Crippen LogP contribution >= 0.6 is 0 Å². The highest BCUT2D eigenvalue weighted by Gasteiger charge is 2.28. The summed E-state index contributed by atoms with van der Waals surface area (Å²) in [6.45, 7) is 0.207. The molecule has 2 heterocycles. The van der Waals surface area contributed by atoms with E-state index in [1.54, 1.807) is 17.0 Å². The third kappa shape index (κ3) is 2.48. The monoisotopic (exact) mass is 309 g/mol. The van der Waals surface area contributed by atoms with Gasteiger partial charge in [-0.05, 0) is 23.8 Å². The molecule has 0 N–H and O–H groups in total. The number of aromatic nitrogens is 2. The molecule has 4 rings (SSSR count). The van der Waals surface area contributed by atoms with Gasteiger partial charge in [0.05, 0.1) is 6.42 Å². The van der Waals surface area contributed by atoms with Gasteiger partial charge >= 0.3 is 0 Å². The Morgan fingerprint density at radius 2 is 2.04 bits per heavy atom. The lowest BCUT2D eigenvalue weighted by Crippen LogP contribution is -2.26. The van der Waals surface area contributed by atoms with Crippen molar-refractivity contribution in [2.75, 3.05) is 4.90 Å². The van der Waals surface area contributed by atoms with Crippen molar-refractivity contribution in [2.24, 2.45) is 0 Å². The van der Waals surface area contributed by atoms with Crippen LogP contribution in [0.2, 0.25) is 0 Å². The van der Waals surface area contributed by atoms with Crippen molar-refractivity contribution in [3.05, 3.63) is 65.8 Å². The summed E-state index contributed by atoms with van der Waals surface area (Å²) in [6, 6.07) is 13.6. The van der Waals surface area contributed by atoms with E-state index in [0.717, 1.165) is 11.3 Å². The Kier molecular flexibility index (Phi) is 3.15. The van der Waals surface area contributed by atoms with Gasteiger partial charge < -0.3 is 9.42 Å². The Morgan fingerprint density at radius 1 is 1.17 bits per heavy atom. The molecule has 6 heteroatoms. The molecule has 1 aliphatic heterocycles. The van der Waals surface area contributed by atoms with Gasteiger partial charge in [0.15, 0.2) is 0 Å². The number of fused-ring (bicyclic) bond motifs is 1. The van der Waals surface area contributed by atoms with E-state index in [2.05, 4.69) is 10.1 Å². The molecule has 0 radical (unpaired) electrons. The predicted octanol–water partition coefficient (Wildman–Crippen LogP) is 2.97. The topological polar surface area (TPSA) is 59.2 Å². The molecule has 114 valence electrons. The van der Waals surface area contributed by atoms with Crippen LogP contribution in [0.4, 0.5) is 10.1 Å². The molecule has 1 aromatic heterocycles. The van der Waals surface area contributed by atoms with E-state index in [-0.39, 0.29) is 18.3 Å². The number of hydrogen-bond donors (Lipinski definition) is 0. The first kappa shape index (κ1) is 13.6. The van der Waals surface area contributed by atoms with Gasteiger partial charge in [0, 0.05) is 11.3 Å². The smallest absolute Gasteiger partial charge is 0.247 e. The minimum Gasteiger partial charge on any atom is -0.337 e. The molecule has 0 aliphatic carbocycles. The molecule has 0 unspecified atom stereocenters. The van der Waals surface area contributed by atoms with Crippen LogP contribution in [0.15, 0.2) is 53.1 Å². The predicted molar refractivity (Wildman–Crippen MR) is 81.0 cm³/mol. The van der Waals surface area contributed by atoms with Gasteiger partial charge in [0.25, 0.3) is 0 Å². The molecule has 0 saturated carbocycles. The van der Waals surface area contributed by atoms with Gasteiger partial charge in [-0.1, -0.05) is 35.5 Å². The normalized spacial score (nSPS) is 13.4. The highest BCUT2D eigenvalue weighted by molar-refractivity contribution is 6.01. The fourth-order valence-corrected chi connectivity index (χ4v) is 2.69. The van der Waals surface area contributed by atoms with Crippen molar-refractivity contribution >= 4 is 11.6 Å². The lowest BCUT2D eigenvalue weighted by Gasteiger charge is -2.14. The SMILES string of the molecule is O=C1Cc2ccccc2N1Cc1nc(-c2cccc(F)c2)no1. The molecule has 23 heavy (non-hydrogen) atoms.